The Hall–Kier alpha value is -1.80. The van der Waals surface area contributed by atoms with Gasteiger partial charge in [0.05, 0.1) is 13.2 Å². The van der Waals surface area contributed by atoms with Crippen LogP contribution < -0.4 is 10.1 Å². The van der Waals surface area contributed by atoms with Crippen LogP contribution in [0.25, 0.3) is 0 Å². The Balaban J connectivity index is 0.00000256. The summed E-state index contributed by atoms with van der Waals surface area (Å²) in [5, 5.41) is 3.48. The molecule has 1 unspecified atom stereocenters. The van der Waals surface area contributed by atoms with Crippen molar-refractivity contribution in [2.24, 2.45) is 10.4 Å². The van der Waals surface area contributed by atoms with Crippen LogP contribution in [0, 0.1) is 5.41 Å². The number of nitrogens with zero attached hydrogens (tertiary/aromatic N) is 2. The van der Waals surface area contributed by atoms with E-state index in [4.69, 9.17) is 14.5 Å². The van der Waals surface area contributed by atoms with E-state index in [0.717, 1.165) is 44.6 Å². The molecule has 6 heteroatoms. The topological polar surface area (TPSA) is 46.1 Å². The molecule has 4 rings (SSSR count). The predicted octanol–water partition coefficient (Wildman–Crippen LogP) is 4.46. The fourth-order valence-electron chi connectivity index (χ4n) is 4.20. The molecule has 0 bridgehead atoms. The highest BCUT2D eigenvalue weighted by atomic mass is 127. The summed E-state index contributed by atoms with van der Waals surface area (Å²) in [5.74, 6) is 1.90. The number of benzene rings is 2. The first-order valence-corrected chi connectivity index (χ1v) is 10.6. The van der Waals surface area contributed by atoms with E-state index < -0.39 is 0 Å². The van der Waals surface area contributed by atoms with E-state index in [0.29, 0.717) is 18.6 Å². The van der Waals surface area contributed by atoms with Gasteiger partial charge in [-0.05, 0) is 43.0 Å². The van der Waals surface area contributed by atoms with Crippen molar-refractivity contribution in [3.05, 3.63) is 65.7 Å². The smallest absolute Gasteiger partial charge is 0.194 e. The Kier molecular flexibility index (Phi) is 8.39. The fourth-order valence-corrected chi connectivity index (χ4v) is 4.20. The molecule has 2 aliphatic rings. The van der Waals surface area contributed by atoms with Gasteiger partial charge in [0.1, 0.15) is 12.4 Å². The Morgan fingerprint density at radius 2 is 1.87 bits per heavy atom. The molecule has 5 nitrogen and oxygen atoms in total. The van der Waals surface area contributed by atoms with Crippen LogP contribution in [0.4, 0.5) is 0 Å². The summed E-state index contributed by atoms with van der Waals surface area (Å²) in [6.07, 6.45) is 2.36. The van der Waals surface area contributed by atoms with E-state index >= 15 is 0 Å². The highest BCUT2D eigenvalue weighted by molar-refractivity contribution is 14.0. The summed E-state index contributed by atoms with van der Waals surface area (Å²) in [5.41, 5.74) is 2.72. The van der Waals surface area contributed by atoms with Gasteiger partial charge in [0.25, 0.3) is 0 Å². The maximum atomic E-state index is 5.96. The van der Waals surface area contributed by atoms with Crippen molar-refractivity contribution in [2.45, 2.75) is 32.9 Å². The maximum Gasteiger partial charge on any atom is 0.194 e. The molecule has 162 valence electrons. The molecule has 2 heterocycles. The molecule has 0 aromatic heterocycles. The van der Waals surface area contributed by atoms with Crippen molar-refractivity contribution >= 4 is 29.9 Å². The number of ether oxygens (including phenoxy) is 2. The van der Waals surface area contributed by atoms with Gasteiger partial charge in [-0.15, -0.1) is 24.0 Å². The summed E-state index contributed by atoms with van der Waals surface area (Å²) in [7, 11) is 0. The van der Waals surface area contributed by atoms with Crippen LogP contribution >= 0.6 is 24.0 Å². The molecule has 2 aromatic rings. The second-order valence-corrected chi connectivity index (χ2v) is 8.01. The average molecular weight is 521 g/mol. The normalized spacial score (nSPS) is 21.0. The van der Waals surface area contributed by atoms with Gasteiger partial charge in [0.15, 0.2) is 5.96 Å². The van der Waals surface area contributed by atoms with Crippen molar-refractivity contribution in [2.75, 3.05) is 32.8 Å². The predicted molar refractivity (Wildman–Crippen MR) is 132 cm³/mol. The van der Waals surface area contributed by atoms with Gasteiger partial charge in [0, 0.05) is 31.7 Å². The van der Waals surface area contributed by atoms with E-state index in [1.807, 2.05) is 30.3 Å². The minimum atomic E-state index is 0. The molecule has 1 atom stereocenters. The van der Waals surface area contributed by atoms with E-state index in [2.05, 4.69) is 41.4 Å². The van der Waals surface area contributed by atoms with Crippen LogP contribution in [0.3, 0.4) is 0 Å². The fraction of sp³-hybridized carbons (Fsp3) is 0.458. The number of rotatable bonds is 6. The number of hydrogen-bond acceptors (Lipinski definition) is 3. The van der Waals surface area contributed by atoms with Crippen LogP contribution in [-0.2, 0) is 17.9 Å². The summed E-state index contributed by atoms with van der Waals surface area (Å²) in [6.45, 7) is 8.08. The summed E-state index contributed by atoms with van der Waals surface area (Å²) in [4.78, 5) is 7.38. The third-order valence-electron chi connectivity index (χ3n) is 5.91. The first-order chi connectivity index (χ1) is 14.3. The molecule has 0 radical (unpaired) electrons. The highest BCUT2D eigenvalue weighted by Gasteiger charge is 2.42. The summed E-state index contributed by atoms with van der Waals surface area (Å²) >= 11 is 0. The van der Waals surface area contributed by atoms with Crippen molar-refractivity contribution in [1.82, 2.24) is 10.2 Å². The molecule has 0 amide bonds. The van der Waals surface area contributed by atoms with Crippen LogP contribution in [0.15, 0.2) is 59.6 Å². The van der Waals surface area contributed by atoms with Gasteiger partial charge in [-0.25, -0.2) is 4.99 Å². The maximum absolute atomic E-state index is 5.96. The van der Waals surface area contributed by atoms with Crippen LogP contribution in [0.1, 0.15) is 30.9 Å². The lowest BCUT2D eigenvalue weighted by molar-refractivity contribution is 0.156. The first-order valence-electron chi connectivity index (χ1n) is 10.6. The van der Waals surface area contributed by atoms with E-state index in [-0.39, 0.29) is 24.0 Å². The molecule has 1 spiro atoms. The second-order valence-electron chi connectivity index (χ2n) is 8.01. The zero-order valence-corrected chi connectivity index (χ0v) is 20.0. The molecule has 2 aliphatic heterocycles. The Morgan fingerprint density at radius 3 is 2.60 bits per heavy atom. The lowest BCUT2D eigenvalue weighted by atomic mass is 9.87. The molecular weight excluding hydrogens is 489 g/mol. The van der Waals surface area contributed by atoms with Gasteiger partial charge in [0.2, 0.25) is 0 Å². The number of aliphatic imine (C=N–C) groups is 1. The number of likely N-dealkylation sites (tertiary alicyclic amines) is 1. The third-order valence-corrected chi connectivity index (χ3v) is 5.91. The SMILES string of the molecule is CCNC(=NCc1ccccc1COc1ccccc1)N1CCC2(CCOC2)C1.I. The molecule has 0 saturated carbocycles. The monoisotopic (exact) mass is 521 g/mol. The lowest BCUT2D eigenvalue weighted by Gasteiger charge is -2.25. The molecule has 0 aliphatic carbocycles. The molecule has 1 N–H and O–H groups in total. The highest BCUT2D eigenvalue weighted by Crippen LogP contribution is 2.38. The zero-order chi connectivity index (χ0) is 19.9. The number of para-hydroxylation sites is 1. The van der Waals surface area contributed by atoms with Crippen LogP contribution in [0.5, 0.6) is 5.75 Å². The zero-order valence-electron chi connectivity index (χ0n) is 17.7. The van der Waals surface area contributed by atoms with Gasteiger partial charge < -0.3 is 19.7 Å². The quantitative estimate of drug-likeness (QED) is 0.347. The summed E-state index contributed by atoms with van der Waals surface area (Å²) < 4.78 is 11.6. The molecule has 2 saturated heterocycles. The first kappa shape index (κ1) is 22.9. The molecule has 2 aromatic carbocycles. The molecular formula is C24H32IN3O2. The number of halogens is 1. The Labute approximate surface area is 196 Å². The van der Waals surface area contributed by atoms with E-state index in [1.165, 1.54) is 24.0 Å². The van der Waals surface area contributed by atoms with Crippen LogP contribution in [-0.4, -0.2) is 43.7 Å². The van der Waals surface area contributed by atoms with Gasteiger partial charge in [-0.1, -0.05) is 42.5 Å². The lowest BCUT2D eigenvalue weighted by Crippen LogP contribution is -2.41. The Bertz CT molecular complexity index is 822. The van der Waals surface area contributed by atoms with Crippen molar-refractivity contribution < 1.29 is 9.47 Å². The van der Waals surface area contributed by atoms with Crippen molar-refractivity contribution in [1.29, 1.82) is 0 Å². The minimum absolute atomic E-state index is 0. The molecule has 2 fully saturated rings. The second kappa shape index (κ2) is 11.0. The van der Waals surface area contributed by atoms with E-state index in [1.54, 1.807) is 0 Å². The van der Waals surface area contributed by atoms with Crippen molar-refractivity contribution in [3.8, 4) is 5.75 Å². The number of nitrogens with one attached hydrogen (secondary N) is 1. The summed E-state index contributed by atoms with van der Waals surface area (Å²) in [6, 6.07) is 18.4. The van der Waals surface area contributed by atoms with Crippen molar-refractivity contribution in [3.63, 3.8) is 0 Å². The Morgan fingerprint density at radius 1 is 1.10 bits per heavy atom. The van der Waals surface area contributed by atoms with Gasteiger partial charge in [-0.2, -0.15) is 0 Å². The van der Waals surface area contributed by atoms with E-state index in [9.17, 15) is 0 Å². The van der Waals surface area contributed by atoms with Crippen LogP contribution in [0.2, 0.25) is 0 Å². The van der Waals surface area contributed by atoms with Gasteiger partial charge in [-0.3, -0.25) is 0 Å². The standard InChI is InChI=1S/C24H31N3O2.HI/c1-2-25-23(27-14-12-24(18-27)13-15-28-19-24)26-16-20-8-6-7-9-21(20)17-29-22-10-4-3-5-11-22;/h3-11H,2,12-19H2,1H3,(H,25,26);1H. The minimum Gasteiger partial charge on any atom is -0.489 e. The third kappa shape index (κ3) is 5.66. The number of guanidine groups is 1. The average Bonchev–Trinajstić information content (AvgIpc) is 3.41. The number of hydrogen-bond donors (Lipinski definition) is 1. The van der Waals surface area contributed by atoms with Gasteiger partial charge >= 0.3 is 0 Å². The molecule has 30 heavy (non-hydrogen) atoms. The largest absolute Gasteiger partial charge is 0.489 e.